The van der Waals surface area contributed by atoms with Crippen LogP contribution in [0, 0.1) is 0 Å². The summed E-state index contributed by atoms with van der Waals surface area (Å²) in [7, 11) is 1.58. The predicted molar refractivity (Wildman–Crippen MR) is 100.0 cm³/mol. The topological polar surface area (TPSA) is 71.5 Å². The van der Waals surface area contributed by atoms with Crippen molar-refractivity contribution in [2.75, 3.05) is 13.7 Å². The summed E-state index contributed by atoms with van der Waals surface area (Å²) in [6.45, 7) is -0.182. The van der Waals surface area contributed by atoms with E-state index in [4.69, 9.17) is 4.74 Å². The van der Waals surface area contributed by atoms with Crippen LogP contribution in [0.2, 0.25) is 0 Å². The third kappa shape index (κ3) is 3.90. The molecule has 0 radical (unpaired) electrons. The maximum absolute atomic E-state index is 12.7. The lowest BCUT2D eigenvalue weighted by molar-refractivity contribution is 0.0916. The van der Waals surface area contributed by atoms with Crippen LogP contribution in [0.25, 0.3) is 11.3 Å². The average Bonchev–Trinajstić information content (AvgIpc) is 2.72. The molecule has 1 unspecified atom stereocenters. The lowest BCUT2D eigenvalue weighted by atomic mass is 10.0. The van der Waals surface area contributed by atoms with Crippen molar-refractivity contribution in [3.8, 4) is 17.0 Å². The average molecular weight is 348 g/mol. The van der Waals surface area contributed by atoms with Gasteiger partial charge in [-0.25, -0.2) is 0 Å². The van der Waals surface area contributed by atoms with E-state index in [0.29, 0.717) is 11.3 Å². The second-order valence-electron chi connectivity index (χ2n) is 5.75. The number of carbonyl (C=O) groups is 1. The van der Waals surface area contributed by atoms with E-state index in [1.165, 1.54) is 0 Å². The Balaban J connectivity index is 1.88. The number of rotatable bonds is 6. The van der Waals surface area contributed by atoms with E-state index < -0.39 is 6.04 Å². The summed E-state index contributed by atoms with van der Waals surface area (Å²) in [5, 5.41) is 12.5. The Bertz CT molecular complexity index is 867. The van der Waals surface area contributed by atoms with Gasteiger partial charge in [-0.1, -0.05) is 36.4 Å². The van der Waals surface area contributed by atoms with E-state index >= 15 is 0 Å². The molecule has 1 aromatic heterocycles. The number of hydrogen-bond donors (Lipinski definition) is 2. The Kier molecular flexibility index (Phi) is 5.61. The van der Waals surface area contributed by atoms with Gasteiger partial charge < -0.3 is 15.2 Å². The third-order valence-electron chi connectivity index (χ3n) is 4.09. The summed E-state index contributed by atoms with van der Waals surface area (Å²) in [6.07, 6.45) is 1.69. The standard InChI is InChI=1S/C21H20N2O3/c1-26-20-11-10-16(13-17(20)18-9-5-6-12-22-18)21(25)23-19(14-24)15-7-3-2-4-8-15/h2-13,19,24H,14H2,1H3,(H,23,25). The molecule has 3 rings (SSSR count). The molecule has 0 fully saturated rings. The molecule has 2 N–H and O–H groups in total. The summed E-state index contributed by atoms with van der Waals surface area (Å²) in [5.74, 6) is 0.370. The van der Waals surface area contributed by atoms with Crippen LogP contribution in [0.1, 0.15) is 22.0 Å². The predicted octanol–water partition coefficient (Wildman–Crippen LogP) is 3.22. The summed E-state index contributed by atoms with van der Waals surface area (Å²) in [5.41, 5.74) is 2.78. The van der Waals surface area contributed by atoms with Crippen LogP contribution in [0.5, 0.6) is 5.75 Å². The van der Waals surface area contributed by atoms with Gasteiger partial charge in [0.25, 0.3) is 5.91 Å². The van der Waals surface area contributed by atoms with Crippen LogP contribution in [0.3, 0.4) is 0 Å². The van der Waals surface area contributed by atoms with Gasteiger partial charge in [-0.05, 0) is 35.9 Å². The summed E-state index contributed by atoms with van der Waals surface area (Å²) >= 11 is 0. The van der Waals surface area contributed by atoms with Crippen molar-refractivity contribution in [1.29, 1.82) is 0 Å². The van der Waals surface area contributed by atoms with Gasteiger partial charge >= 0.3 is 0 Å². The van der Waals surface area contributed by atoms with E-state index in [-0.39, 0.29) is 12.5 Å². The third-order valence-corrected chi connectivity index (χ3v) is 4.09. The number of aromatic nitrogens is 1. The fourth-order valence-electron chi connectivity index (χ4n) is 2.73. The van der Waals surface area contributed by atoms with Gasteiger partial charge in [-0.2, -0.15) is 0 Å². The zero-order valence-corrected chi connectivity index (χ0v) is 14.4. The number of nitrogens with zero attached hydrogens (tertiary/aromatic N) is 1. The van der Waals surface area contributed by atoms with Gasteiger partial charge in [0.1, 0.15) is 5.75 Å². The Morgan fingerprint density at radius 2 is 1.88 bits per heavy atom. The van der Waals surface area contributed by atoms with Crippen molar-refractivity contribution in [2.24, 2.45) is 0 Å². The molecule has 0 aliphatic rings. The minimum atomic E-state index is -0.468. The number of aliphatic hydroxyl groups is 1. The fourth-order valence-corrected chi connectivity index (χ4v) is 2.73. The van der Waals surface area contributed by atoms with Crippen LogP contribution >= 0.6 is 0 Å². The van der Waals surface area contributed by atoms with Gasteiger partial charge in [0.15, 0.2) is 0 Å². The second kappa shape index (κ2) is 8.27. The SMILES string of the molecule is COc1ccc(C(=O)NC(CO)c2ccccc2)cc1-c1ccccn1. The highest BCUT2D eigenvalue weighted by Gasteiger charge is 2.17. The molecule has 5 nitrogen and oxygen atoms in total. The molecule has 26 heavy (non-hydrogen) atoms. The first kappa shape index (κ1) is 17.6. The number of benzene rings is 2. The lowest BCUT2D eigenvalue weighted by Gasteiger charge is -2.17. The van der Waals surface area contributed by atoms with E-state index in [0.717, 1.165) is 16.8 Å². The number of carbonyl (C=O) groups excluding carboxylic acids is 1. The maximum Gasteiger partial charge on any atom is 0.251 e. The zero-order chi connectivity index (χ0) is 18.4. The molecule has 1 heterocycles. The summed E-state index contributed by atoms with van der Waals surface area (Å²) in [4.78, 5) is 17.0. The highest BCUT2D eigenvalue weighted by atomic mass is 16.5. The lowest BCUT2D eigenvalue weighted by Crippen LogP contribution is -2.30. The monoisotopic (exact) mass is 348 g/mol. The Hall–Kier alpha value is -3.18. The summed E-state index contributed by atoms with van der Waals surface area (Å²) in [6, 6.07) is 19.7. The van der Waals surface area contributed by atoms with Crippen LogP contribution in [0.4, 0.5) is 0 Å². The molecule has 0 spiro atoms. The van der Waals surface area contributed by atoms with Crippen LogP contribution in [-0.4, -0.2) is 29.7 Å². The first-order chi connectivity index (χ1) is 12.7. The van der Waals surface area contributed by atoms with Crippen molar-refractivity contribution in [2.45, 2.75) is 6.04 Å². The molecule has 0 aliphatic heterocycles. The van der Waals surface area contributed by atoms with Crippen molar-refractivity contribution in [3.05, 3.63) is 84.1 Å². The molecule has 1 amide bonds. The quantitative estimate of drug-likeness (QED) is 0.717. The smallest absolute Gasteiger partial charge is 0.251 e. The zero-order valence-electron chi connectivity index (χ0n) is 14.4. The van der Waals surface area contributed by atoms with Gasteiger partial charge in [-0.15, -0.1) is 0 Å². The number of nitrogens with one attached hydrogen (secondary N) is 1. The molecule has 132 valence electrons. The van der Waals surface area contributed by atoms with E-state index in [1.807, 2.05) is 48.5 Å². The van der Waals surface area contributed by atoms with Crippen LogP contribution in [-0.2, 0) is 0 Å². The molecular weight excluding hydrogens is 328 g/mol. The Morgan fingerprint density at radius 3 is 2.54 bits per heavy atom. The normalized spacial score (nSPS) is 11.6. The largest absolute Gasteiger partial charge is 0.496 e. The minimum absolute atomic E-state index is 0.182. The molecule has 0 aliphatic carbocycles. The van der Waals surface area contributed by atoms with Crippen molar-refractivity contribution in [3.63, 3.8) is 0 Å². The maximum atomic E-state index is 12.7. The first-order valence-electron chi connectivity index (χ1n) is 8.29. The number of amides is 1. The summed E-state index contributed by atoms with van der Waals surface area (Å²) < 4.78 is 5.39. The first-order valence-corrected chi connectivity index (χ1v) is 8.29. The molecule has 2 aromatic carbocycles. The van der Waals surface area contributed by atoms with Gasteiger partial charge in [0.05, 0.1) is 25.5 Å². The van der Waals surface area contributed by atoms with Gasteiger partial charge in [0.2, 0.25) is 0 Å². The number of aliphatic hydroxyl groups excluding tert-OH is 1. The number of hydrogen-bond acceptors (Lipinski definition) is 4. The van der Waals surface area contributed by atoms with Crippen molar-refractivity contribution in [1.82, 2.24) is 10.3 Å². The molecule has 5 heteroatoms. The molecule has 0 saturated carbocycles. The molecule has 0 saturated heterocycles. The van der Waals surface area contributed by atoms with Gasteiger partial charge in [-0.3, -0.25) is 9.78 Å². The van der Waals surface area contributed by atoms with E-state index in [2.05, 4.69) is 10.3 Å². The molecule has 0 bridgehead atoms. The second-order valence-corrected chi connectivity index (χ2v) is 5.75. The number of pyridine rings is 1. The highest BCUT2D eigenvalue weighted by Crippen LogP contribution is 2.29. The Morgan fingerprint density at radius 1 is 1.12 bits per heavy atom. The molecule has 3 aromatic rings. The number of methoxy groups -OCH3 is 1. The Labute approximate surface area is 152 Å². The van der Waals surface area contributed by atoms with E-state index in [9.17, 15) is 9.90 Å². The number of ether oxygens (including phenoxy) is 1. The van der Waals surface area contributed by atoms with Crippen LogP contribution in [0.15, 0.2) is 72.9 Å². The minimum Gasteiger partial charge on any atom is -0.496 e. The highest BCUT2D eigenvalue weighted by molar-refractivity contribution is 5.96. The van der Waals surface area contributed by atoms with Gasteiger partial charge in [0, 0.05) is 17.3 Å². The fraction of sp³-hybridized carbons (Fsp3) is 0.143. The van der Waals surface area contributed by atoms with Crippen LogP contribution < -0.4 is 10.1 Å². The molecular formula is C21H20N2O3. The van der Waals surface area contributed by atoms with Crippen molar-refractivity contribution < 1.29 is 14.6 Å². The molecule has 1 atom stereocenters. The van der Waals surface area contributed by atoms with E-state index in [1.54, 1.807) is 31.5 Å². The van der Waals surface area contributed by atoms with Crippen molar-refractivity contribution >= 4 is 5.91 Å².